The van der Waals surface area contributed by atoms with Crippen LogP contribution in [0.25, 0.3) is 0 Å². The highest BCUT2D eigenvalue weighted by Gasteiger charge is 2.29. The summed E-state index contributed by atoms with van der Waals surface area (Å²) in [4.78, 5) is 0. The molecule has 0 heterocycles. The molecular formula is C12H18Br2OSi. The van der Waals surface area contributed by atoms with E-state index < -0.39 is 5.56 Å². The third-order valence-electron chi connectivity index (χ3n) is 2.33. The van der Waals surface area contributed by atoms with E-state index in [9.17, 15) is 0 Å². The predicted octanol–water partition coefficient (Wildman–Crippen LogP) is 5.37. The summed E-state index contributed by atoms with van der Waals surface area (Å²) in [6.45, 7) is 2.23. The third kappa shape index (κ3) is 6.06. The van der Waals surface area contributed by atoms with Gasteiger partial charge in [-0.15, -0.1) is 0 Å². The van der Waals surface area contributed by atoms with E-state index >= 15 is 0 Å². The second-order valence-electron chi connectivity index (χ2n) is 3.86. The van der Waals surface area contributed by atoms with Crippen molar-refractivity contribution >= 4 is 36.1 Å². The molecule has 0 atom stereocenters. The molecule has 0 amide bonds. The summed E-state index contributed by atoms with van der Waals surface area (Å²) in [5.41, 5.74) is -1.87. The molecule has 1 nitrogen and oxygen atoms in total. The maximum absolute atomic E-state index is 5.95. The molecule has 1 rings (SSSR count). The molecule has 1 aromatic carbocycles. The molecule has 0 spiro atoms. The van der Waals surface area contributed by atoms with Gasteiger partial charge in [-0.2, -0.15) is 0 Å². The molecule has 1 aromatic rings. The zero-order valence-electron chi connectivity index (χ0n) is 9.59. The Morgan fingerprint density at radius 3 is 2.38 bits per heavy atom. The first kappa shape index (κ1) is 14.3. The second-order valence-corrected chi connectivity index (χ2v) is 16.7. The molecule has 0 aliphatic rings. The second kappa shape index (κ2) is 7.51. The fourth-order valence-corrected chi connectivity index (χ4v) is 5.52. The van der Waals surface area contributed by atoms with E-state index in [4.69, 9.17) is 4.43 Å². The lowest BCUT2D eigenvalue weighted by Gasteiger charge is -2.19. The Morgan fingerprint density at radius 2 is 1.75 bits per heavy atom. The summed E-state index contributed by atoms with van der Waals surface area (Å²) in [6.07, 6.45) is 5.11. The molecule has 0 bridgehead atoms. The molecule has 0 fully saturated rings. The average molecular weight is 366 g/mol. The van der Waals surface area contributed by atoms with E-state index in [1.54, 1.807) is 0 Å². The van der Waals surface area contributed by atoms with Crippen LogP contribution in [0.5, 0.6) is 5.75 Å². The van der Waals surface area contributed by atoms with Crippen LogP contribution < -0.4 is 4.43 Å². The lowest BCUT2D eigenvalue weighted by atomic mass is 10.2. The van der Waals surface area contributed by atoms with Crippen LogP contribution in [0, 0.1) is 0 Å². The van der Waals surface area contributed by atoms with Crippen molar-refractivity contribution < 1.29 is 4.43 Å². The highest BCUT2D eigenvalue weighted by Crippen LogP contribution is 2.31. The molecule has 90 valence electrons. The van der Waals surface area contributed by atoms with Crippen LogP contribution in [0.1, 0.15) is 32.6 Å². The fraction of sp³-hybridized carbons (Fsp3) is 0.500. The zero-order chi connectivity index (χ0) is 11.9. The topological polar surface area (TPSA) is 9.23 Å². The van der Waals surface area contributed by atoms with Gasteiger partial charge in [-0.3, -0.25) is 0 Å². The van der Waals surface area contributed by atoms with Crippen LogP contribution in [0.2, 0.25) is 6.04 Å². The van der Waals surface area contributed by atoms with Gasteiger partial charge in [0.25, 0.3) is 0 Å². The first-order valence-electron chi connectivity index (χ1n) is 5.76. The fourth-order valence-electron chi connectivity index (χ4n) is 1.47. The van der Waals surface area contributed by atoms with Crippen LogP contribution in [-0.4, -0.2) is 5.56 Å². The highest BCUT2D eigenvalue weighted by atomic mass is 79.9. The van der Waals surface area contributed by atoms with Gasteiger partial charge < -0.3 is 4.43 Å². The van der Waals surface area contributed by atoms with Gasteiger partial charge in [-0.1, -0.05) is 81.4 Å². The number of unbranched alkanes of at least 4 members (excludes halogenated alkanes) is 3. The van der Waals surface area contributed by atoms with Crippen LogP contribution in [0.3, 0.4) is 0 Å². The molecule has 0 aromatic heterocycles. The number of rotatable bonds is 7. The maximum Gasteiger partial charge on any atom is 0.393 e. The van der Waals surface area contributed by atoms with Crippen LogP contribution in [-0.2, 0) is 0 Å². The van der Waals surface area contributed by atoms with Gasteiger partial charge in [0.05, 0.1) is 0 Å². The van der Waals surface area contributed by atoms with Gasteiger partial charge in [0.1, 0.15) is 5.75 Å². The normalized spacial score (nSPS) is 11.4. The summed E-state index contributed by atoms with van der Waals surface area (Å²) in [5, 5.41) is 0. The highest BCUT2D eigenvalue weighted by molar-refractivity contribution is 9.50. The smallest absolute Gasteiger partial charge is 0.393 e. The number of para-hydroxylation sites is 1. The van der Waals surface area contributed by atoms with Crippen LogP contribution >= 0.6 is 30.6 Å². The first-order chi connectivity index (χ1) is 7.64. The molecule has 0 radical (unpaired) electrons. The van der Waals surface area contributed by atoms with Crippen LogP contribution in [0.4, 0.5) is 0 Å². The number of hydrogen-bond acceptors (Lipinski definition) is 1. The number of hydrogen-bond donors (Lipinski definition) is 0. The number of halogens is 2. The molecule has 0 saturated carbocycles. The van der Waals surface area contributed by atoms with Crippen molar-refractivity contribution in [3.8, 4) is 5.75 Å². The van der Waals surface area contributed by atoms with E-state index in [-0.39, 0.29) is 0 Å². The number of benzene rings is 1. The Morgan fingerprint density at radius 1 is 1.06 bits per heavy atom. The van der Waals surface area contributed by atoms with E-state index in [0.717, 1.165) is 11.8 Å². The lowest BCUT2D eigenvalue weighted by molar-refractivity contribution is 0.573. The molecular weight excluding hydrogens is 348 g/mol. The van der Waals surface area contributed by atoms with Crippen molar-refractivity contribution in [3.63, 3.8) is 0 Å². The third-order valence-corrected chi connectivity index (χ3v) is 7.15. The van der Waals surface area contributed by atoms with E-state index in [0.29, 0.717) is 0 Å². The van der Waals surface area contributed by atoms with Crippen LogP contribution in [0.15, 0.2) is 30.3 Å². The Bertz CT molecular complexity index is 290. The van der Waals surface area contributed by atoms with Crippen molar-refractivity contribution in [1.29, 1.82) is 0 Å². The van der Waals surface area contributed by atoms with Gasteiger partial charge in [-0.05, 0) is 18.2 Å². The largest absolute Gasteiger partial charge is 0.524 e. The molecule has 0 aliphatic heterocycles. The molecule has 4 heteroatoms. The minimum atomic E-state index is -1.87. The van der Waals surface area contributed by atoms with E-state index in [1.807, 2.05) is 30.3 Å². The zero-order valence-corrected chi connectivity index (χ0v) is 13.8. The van der Waals surface area contributed by atoms with Gasteiger partial charge in [0, 0.05) is 0 Å². The summed E-state index contributed by atoms with van der Waals surface area (Å²) in [6, 6.07) is 11.1. The van der Waals surface area contributed by atoms with Gasteiger partial charge >= 0.3 is 5.56 Å². The Kier molecular flexibility index (Phi) is 6.69. The summed E-state index contributed by atoms with van der Waals surface area (Å²) < 4.78 is 5.95. The minimum absolute atomic E-state index is 0.943. The average Bonchev–Trinajstić information content (AvgIpc) is 2.25. The van der Waals surface area contributed by atoms with Crippen molar-refractivity contribution in [2.45, 2.75) is 38.7 Å². The van der Waals surface area contributed by atoms with Gasteiger partial charge in [0.2, 0.25) is 0 Å². The lowest BCUT2D eigenvalue weighted by Crippen LogP contribution is -2.26. The van der Waals surface area contributed by atoms with Crippen molar-refractivity contribution in [2.75, 3.05) is 0 Å². The van der Waals surface area contributed by atoms with Crippen molar-refractivity contribution in [2.24, 2.45) is 0 Å². The Balaban J connectivity index is 2.33. The SMILES string of the molecule is CCCCCC[Si](Br)(Br)Oc1ccccc1. The molecule has 0 N–H and O–H groups in total. The maximum atomic E-state index is 5.95. The Labute approximate surface area is 115 Å². The monoisotopic (exact) mass is 364 g/mol. The summed E-state index contributed by atoms with van der Waals surface area (Å²) in [5.74, 6) is 0.943. The molecule has 0 aliphatic carbocycles. The van der Waals surface area contributed by atoms with E-state index in [1.165, 1.54) is 25.7 Å². The van der Waals surface area contributed by atoms with Gasteiger partial charge in [-0.25, -0.2) is 0 Å². The predicted molar refractivity (Wildman–Crippen MR) is 79.6 cm³/mol. The first-order valence-corrected chi connectivity index (χ1v) is 12.4. The summed E-state index contributed by atoms with van der Waals surface area (Å²) >= 11 is 7.41. The molecule has 0 saturated heterocycles. The Hall–Kier alpha value is 0.197. The summed E-state index contributed by atoms with van der Waals surface area (Å²) in [7, 11) is 0. The molecule has 0 unspecified atom stereocenters. The quantitative estimate of drug-likeness (QED) is 0.358. The molecule has 16 heavy (non-hydrogen) atoms. The minimum Gasteiger partial charge on any atom is -0.524 e. The van der Waals surface area contributed by atoms with Crippen molar-refractivity contribution in [1.82, 2.24) is 0 Å². The standard InChI is InChI=1S/C12H18Br2OSi/c1-2-3-4-8-11-16(13,14)15-12-9-6-5-7-10-12/h5-7,9-10H,2-4,8,11H2,1H3. The van der Waals surface area contributed by atoms with Crippen molar-refractivity contribution in [3.05, 3.63) is 30.3 Å². The van der Waals surface area contributed by atoms with E-state index in [2.05, 4.69) is 37.5 Å². The van der Waals surface area contributed by atoms with Gasteiger partial charge in [0.15, 0.2) is 0 Å².